The number of carbonyl (C=O) groups excluding carboxylic acids is 3. The maximum atomic E-state index is 13.0. The number of hydrogen-bond acceptors (Lipinski definition) is 4. The van der Waals surface area contributed by atoms with Gasteiger partial charge in [0.05, 0.1) is 22.4 Å². The van der Waals surface area contributed by atoms with E-state index in [1.807, 2.05) is 0 Å². The molecule has 3 amide bonds. The third kappa shape index (κ3) is 2.51. The largest absolute Gasteiger partial charge is 0.334 e. The van der Waals surface area contributed by atoms with Crippen LogP contribution in [0.5, 0.6) is 0 Å². The third-order valence-corrected chi connectivity index (χ3v) is 4.61. The van der Waals surface area contributed by atoms with Gasteiger partial charge in [0.2, 0.25) is 5.91 Å². The fraction of sp³-hybridized carbons (Fsp3) is 0.308. The van der Waals surface area contributed by atoms with Crippen molar-refractivity contribution in [3.63, 3.8) is 0 Å². The normalized spacial score (nSPS) is 19.1. The number of benzene rings is 1. The molecule has 0 radical (unpaired) electrons. The van der Waals surface area contributed by atoms with Gasteiger partial charge in [-0.25, -0.2) is 4.39 Å². The molecule has 21 heavy (non-hydrogen) atoms. The summed E-state index contributed by atoms with van der Waals surface area (Å²) >= 11 is 6.82. The molecule has 5 nitrogen and oxygen atoms in total. The second kappa shape index (κ2) is 5.31. The average molecular weight is 329 g/mol. The zero-order valence-corrected chi connectivity index (χ0v) is 12.3. The van der Waals surface area contributed by atoms with Crippen LogP contribution in [0.2, 0.25) is 5.02 Å². The van der Waals surface area contributed by atoms with Crippen molar-refractivity contribution in [2.75, 3.05) is 18.8 Å². The Morgan fingerprint density at radius 2 is 2.05 bits per heavy atom. The van der Waals surface area contributed by atoms with Gasteiger partial charge in [0.1, 0.15) is 5.82 Å². The predicted molar refractivity (Wildman–Crippen MR) is 75.8 cm³/mol. The number of hydrogen-bond donors (Lipinski definition) is 0. The SMILES string of the molecule is O=C(c1ccc(F)cc1Cl)N1CC(N2C(=O)CSC2=O)C1. The van der Waals surface area contributed by atoms with E-state index in [0.717, 1.165) is 17.8 Å². The molecule has 1 aromatic carbocycles. The van der Waals surface area contributed by atoms with Crippen LogP contribution in [0, 0.1) is 5.82 Å². The maximum absolute atomic E-state index is 13.0. The summed E-state index contributed by atoms with van der Waals surface area (Å²) in [7, 11) is 0. The second-order valence-corrected chi connectivity index (χ2v) is 6.14. The summed E-state index contributed by atoms with van der Waals surface area (Å²) in [5, 5.41) is -0.218. The number of halogens is 2. The molecule has 2 saturated heterocycles. The zero-order chi connectivity index (χ0) is 15.1. The van der Waals surface area contributed by atoms with Gasteiger partial charge in [-0.05, 0) is 18.2 Å². The summed E-state index contributed by atoms with van der Waals surface area (Å²) in [4.78, 5) is 38.0. The standard InChI is InChI=1S/C13H10ClFN2O3S/c14-10-3-7(15)1-2-9(10)12(19)16-4-8(5-16)17-11(18)6-21-13(17)20/h1-3,8H,4-6H2. The first-order valence-electron chi connectivity index (χ1n) is 6.20. The summed E-state index contributed by atoms with van der Waals surface area (Å²) in [5.41, 5.74) is 0.213. The van der Waals surface area contributed by atoms with Gasteiger partial charge in [0, 0.05) is 13.1 Å². The van der Waals surface area contributed by atoms with Crippen molar-refractivity contribution < 1.29 is 18.8 Å². The summed E-state index contributed by atoms with van der Waals surface area (Å²) in [6.07, 6.45) is 0. The van der Waals surface area contributed by atoms with E-state index in [1.54, 1.807) is 0 Å². The highest BCUT2D eigenvalue weighted by molar-refractivity contribution is 8.14. The summed E-state index contributed by atoms with van der Waals surface area (Å²) in [6.45, 7) is 0.565. The topological polar surface area (TPSA) is 57.7 Å². The van der Waals surface area contributed by atoms with Crippen molar-refractivity contribution in [3.05, 3.63) is 34.6 Å². The number of imide groups is 1. The number of rotatable bonds is 2. The Labute approximate surface area is 129 Å². The van der Waals surface area contributed by atoms with Crippen molar-refractivity contribution in [2.24, 2.45) is 0 Å². The van der Waals surface area contributed by atoms with Gasteiger partial charge in [-0.3, -0.25) is 19.3 Å². The van der Waals surface area contributed by atoms with Crippen LogP contribution < -0.4 is 0 Å². The van der Waals surface area contributed by atoms with E-state index < -0.39 is 5.82 Å². The molecule has 2 aliphatic heterocycles. The first-order chi connectivity index (χ1) is 9.97. The van der Waals surface area contributed by atoms with Gasteiger partial charge in [-0.2, -0.15) is 0 Å². The molecule has 2 fully saturated rings. The highest BCUT2D eigenvalue weighted by Gasteiger charge is 2.43. The smallest absolute Gasteiger partial charge is 0.289 e. The molecule has 2 heterocycles. The minimum absolute atomic E-state index is 0.0485. The Morgan fingerprint density at radius 3 is 2.62 bits per heavy atom. The summed E-state index contributed by atoms with van der Waals surface area (Å²) < 4.78 is 13.0. The Kier molecular flexibility index (Phi) is 3.62. The molecule has 0 aromatic heterocycles. The average Bonchev–Trinajstić information content (AvgIpc) is 2.69. The molecule has 2 aliphatic rings. The Hall–Kier alpha value is -1.60. The first kappa shape index (κ1) is 14.3. The molecule has 0 N–H and O–H groups in total. The molecular weight excluding hydrogens is 319 g/mol. The van der Waals surface area contributed by atoms with E-state index in [-0.39, 0.29) is 52.5 Å². The predicted octanol–water partition coefficient (Wildman–Crippen LogP) is 2.00. The van der Waals surface area contributed by atoms with E-state index in [9.17, 15) is 18.8 Å². The Bertz CT molecular complexity index is 632. The van der Waals surface area contributed by atoms with Crippen LogP contribution in [0.3, 0.4) is 0 Å². The number of amides is 3. The lowest BCUT2D eigenvalue weighted by Crippen LogP contribution is -2.62. The highest BCUT2D eigenvalue weighted by atomic mass is 35.5. The van der Waals surface area contributed by atoms with E-state index in [1.165, 1.54) is 21.9 Å². The molecular formula is C13H10ClFN2O3S. The monoisotopic (exact) mass is 328 g/mol. The third-order valence-electron chi connectivity index (χ3n) is 3.46. The van der Waals surface area contributed by atoms with Crippen LogP contribution in [0.4, 0.5) is 9.18 Å². The maximum Gasteiger partial charge on any atom is 0.289 e. The van der Waals surface area contributed by atoms with Crippen molar-refractivity contribution in [1.82, 2.24) is 9.80 Å². The van der Waals surface area contributed by atoms with E-state index in [0.29, 0.717) is 0 Å². The number of carbonyl (C=O) groups is 3. The molecule has 8 heteroatoms. The highest BCUT2D eigenvalue weighted by Crippen LogP contribution is 2.28. The van der Waals surface area contributed by atoms with E-state index in [4.69, 9.17) is 11.6 Å². The molecule has 0 bridgehead atoms. The van der Waals surface area contributed by atoms with Crippen molar-refractivity contribution in [2.45, 2.75) is 6.04 Å². The van der Waals surface area contributed by atoms with E-state index in [2.05, 4.69) is 0 Å². The fourth-order valence-corrected chi connectivity index (χ4v) is 3.36. The van der Waals surface area contributed by atoms with Gasteiger partial charge in [-0.15, -0.1) is 0 Å². The van der Waals surface area contributed by atoms with Crippen molar-refractivity contribution >= 4 is 40.4 Å². The van der Waals surface area contributed by atoms with E-state index >= 15 is 0 Å². The second-order valence-electron chi connectivity index (χ2n) is 4.81. The Balaban J connectivity index is 1.67. The minimum atomic E-state index is -0.511. The lowest BCUT2D eigenvalue weighted by atomic mass is 10.1. The van der Waals surface area contributed by atoms with Crippen LogP contribution in [0.15, 0.2) is 18.2 Å². The van der Waals surface area contributed by atoms with Gasteiger partial charge in [0.25, 0.3) is 11.1 Å². The van der Waals surface area contributed by atoms with Crippen LogP contribution in [0.1, 0.15) is 10.4 Å². The van der Waals surface area contributed by atoms with Crippen LogP contribution in [0.25, 0.3) is 0 Å². The molecule has 3 rings (SSSR count). The lowest BCUT2D eigenvalue weighted by molar-refractivity contribution is -0.128. The number of likely N-dealkylation sites (tertiary alicyclic amines) is 1. The van der Waals surface area contributed by atoms with Gasteiger partial charge in [0.15, 0.2) is 0 Å². The minimum Gasteiger partial charge on any atom is -0.334 e. The fourth-order valence-electron chi connectivity index (χ4n) is 2.33. The van der Waals surface area contributed by atoms with Gasteiger partial charge in [-0.1, -0.05) is 23.4 Å². The molecule has 110 valence electrons. The molecule has 0 atom stereocenters. The summed E-state index contributed by atoms with van der Waals surface area (Å²) in [6, 6.07) is 3.30. The van der Waals surface area contributed by atoms with Gasteiger partial charge < -0.3 is 4.90 Å². The van der Waals surface area contributed by atoms with Crippen molar-refractivity contribution in [3.8, 4) is 0 Å². The van der Waals surface area contributed by atoms with Crippen LogP contribution in [-0.4, -0.2) is 51.7 Å². The van der Waals surface area contributed by atoms with Gasteiger partial charge >= 0.3 is 0 Å². The van der Waals surface area contributed by atoms with Crippen LogP contribution in [-0.2, 0) is 4.79 Å². The summed E-state index contributed by atoms with van der Waals surface area (Å²) in [5.74, 6) is -0.902. The zero-order valence-electron chi connectivity index (χ0n) is 10.7. The number of nitrogens with zero attached hydrogens (tertiary/aromatic N) is 2. The first-order valence-corrected chi connectivity index (χ1v) is 7.57. The lowest BCUT2D eigenvalue weighted by Gasteiger charge is -2.42. The van der Waals surface area contributed by atoms with Crippen LogP contribution >= 0.6 is 23.4 Å². The molecule has 1 aromatic rings. The molecule has 0 saturated carbocycles. The molecule has 0 aliphatic carbocycles. The van der Waals surface area contributed by atoms with Crippen molar-refractivity contribution in [1.29, 1.82) is 0 Å². The Morgan fingerprint density at radius 1 is 1.33 bits per heavy atom. The molecule has 0 unspecified atom stereocenters. The quantitative estimate of drug-likeness (QED) is 0.833. The number of thioether (sulfide) groups is 1. The molecule has 0 spiro atoms.